The highest BCUT2D eigenvalue weighted by Gasteiger charge is 2.24. The van der Waals surface area contributed by atoms with E-state index in [1.54, 1.807) is 21.3 Å². The van der Waals surface area contributed by atoms with Crippen LogP contribution in [0.3, 0.4) is 0 Å². The third-order valence-corrected chi connectivity index (χ3v) is 3.95. The third kappa shape index (κ3) is 2.50. The molecule has 24 heavy (non-hydrogen) atoms. The van der Waals surface area contributed by atoms with Crippen molar-refractivity contribution in [3.05, 3.63) is 54.8 Å². The lowest BCUT2D eigenvalue weighted by Gasteiger charge is -2.13. The molecule has 0 unspecified atom stereocenters. The van der Waals surface area contributed by atoms with Gasteiger partial charge in [-0.25, -0.2) is 0 Å². The van der Waals surface area contributed by atoms with E-state index in [0.29, 0.717) is 29.3 Å². The van der Waals surface area contributed by atoms with Crippen molar-refractivity contribution >= 4 is 11.0 Å². The molecular formula is C20H20O4. The molecule has 2 aromatic carbocycles. The monoisotopic (exact) mass is 324 g/mol. The fraction of sp³-hybridized carbons (Fsp3) is 0.200. The van der Waals surface area contributed by atoms with Crippen LogP contribution in [0.25, 0.3) is 22.1 Å². The van der Waals surface area contributed by atoms with Crippen LogP contribution in [0.2, 0.25) is 0 Å². The molecule has 4 heteroatoms. The van der Waals surface area contributed by atoms with Gasteiger partial charge >= 0.3 is 0 Å². The second-order valence-electron chi connectivity index (χ2n) is 5.28. The topological polar surface area (TPSA) is 40.8 Å². The van der Waals surface area contributed by atoms with Crippen LogP contribution in [0.4, 0.5) is 0 Å². The molecule has 0 amide bonds. The number of allylic oxidation sites excluding steroid dienone is 1. The summed E-state index contributed by atoms with van der Waals surface area (Å²) in [5.74, 6) is 2.56. The van der Waals surface area contributed by atoms with Crippen LogP contribution in [0.5, 0.6) is 17.2 Å². The van der Waals surface area contributed by atoms with Gasteiger partial charge in [0, 0.05) is 18.1 Å². The molecule has 0 aliphatic rings. The standard InChI is InChI=1S/C20H20O4/c1-5-9-14-17(13-10-7-6-8-11-13)18-15(24-14)12-16(21-2)19(22-3)20(18)23-4/h5-8,10-12H,1,9H2,2-4H3. The van der Waals surface area contributed by atoms with Crippen molar-refractivity contribution in [2.75, 3.05) is 21.3 Å². The van der Waals surface area contributed by atoms with Crippen molar-refractivity contribution in [2.45, 2.75) is 6.42 Å². The SMILES string of the molecule is C=CCc1oc2cc(OC)c(OC)c(OC)c2c1-c1ccccc1. The Kier molecular flexibility index (Phi) is 4.47. The van der Waals surface area contributed by atoms with Crippen molar-refractivity contribution in [1.82, 2.24) is 0 Å². The highest BCUT2D eigenvalue weighted by Crippen LogP contribution is 2.49. The zero-order valence-corrected chi connectivity index (χ0v) is 14.1. The Hall–Kier alpha value is -2.88. The third-order valence-electron chi connectivity index (χ3n) is 3.95. The van der Waals surface area contributed by atoms with Crippen LogP contribution in [0.1, 0.15) is 5.76 Å². The maximum atomic E-state index is 6.09. The largest absolute Gasteiger partial charge is 0.493 e. The number of hydrogen-bond acceptors (Lipinski definition) is 4. The van der Waals surface area contributed by atoms with Crippen LogP contribution < -0.4 is 14.2 Å². The number of ether oxygens (including phenoxy) is 3. The quantitative estimate of drug-likeness (QED) is 0.608. The molecule has 3 rings (SSSR count). The maximum absolute atomic E-state index is 6.09. The summed E-state index contributed by atoms with van der Waals surface area (Å²) in [4.78, 5) is 0. The molecule has 4 nitrogen and oxygen atoms in total. The van der Waals surface area contributed by atoms with Gasteiger partial charge in [-0.15, -0.1) is 6.58 Å². The number of fused-ring (bicyclic) bond motifs is 1. The van der Waals surface area contributed by atoms with E-state index >= 15 is 0 Å². The Bertz CT molecular complexity index is 862. The van der Waals surface area contributed by atoms with Crippen LogP contribution >= 0.6 is 0 Å². The van der Waals surface area contributed by atoms with Crippen molar-refractivity contribution in [3.63, 3.8) is 0 Å². The van der Waals surface area contributed by atoms with Crippen molar-refractivity contribution < 1.29 is 18.6 Å². The molecule has 0 bridgehead atoms. The van der Waals surface area contributed by atoms with E-state index in [9.17, 15) is 0 Å². The molecule has 0 atom stereocenters. The first-order valence-corrected chi connectivity index (χ1v) is 7.65. The second-order valence-corrected chi connectivity index (χ2v) is 5.28. The highest BCUT2D eigenvalue weighted by atomic mass is 16.5. The lowest BCUT2D eigenvalue weighted by molar-refractivity contribution is 0.326. The molecule has 3 aromatic rings. The zero-order chi connectivity index (χ0) is 17.1. The summed E-state index contributed by atoms with van der Waals surface area (Å²) in [5.41, 5.74) is 2.74. The molecule has 0 saturated carbocycles. The van der Waals surface area contributed by atoms with Gasteiger partial charge in [0.1, 0.15) is 11.3 Å². The van der Waals surface area contributed by atoms with E-state index in [2.05, 4.69) is 6.58 Å². The van der Waals surface area contributed by atoms with Gasteiger partial charge in [-0.2, -0.15) is 0 Å². The van der Waals surface area contributed by atoms with Gasteiger partial charge in [-0.3, -0.25) is 0 Å². The summed E-state index contributed by atoms with van der Waals surface area (Å²) in [6.07, 6.45) is 2.44. The molecule has 0 N–H and O–H groups in total. The average molecular weight is 324 g/mol. The lowest BCUT2D eigenvalue weighted by Crippen LogP contribution is -1.95. The second kappa shape index (κ2) is 6.71. The fourth-order valence-electron chi connectivity index (χ4n) is 2.96. The smallest absolute Gasteiger partial charge is 0.204 e. The van der Waals surface area contributed by atoms with Crippen LogP contribution in [-0.2, 0) is 6.42 Å². The molecule has 0 aliphatic heterocycles. The van der Waals surface area contributed by atoms with Gasteiger partial charge < -0.3 is 18.6 Å². The summed E-state index contributed by atoms with van der Waals surface area (Å²) in [5, 5.41) is 0.873. The molecule has 0 aliphatic carbocycles. The Balaban J connectivity index is 2.43. The first-order chi connectivity index (χ1) is 11.7. The number of benzene rings is 2. The molecule has 0 spiro atoms. The minimum Gasteiger partial charge on any atom is -0.493 e. The maximum Gasteiger partial charge on any atom is 0.204 e. The predicted molar refractivity (Wildman–Crippen MR) is 95.2 cm³/mol. The first-order valence-electron chi connectivity index (χ1n) is 7.65. The van der Waals surface area contributed by atoms with E-state index in [4.69, 9.17) is 18.6 Å². The summed E-state index contributed by atoms with van der Waals surface area (Å²) in [6, 6.07) is 11.9. The van der Waals surface area contributed by atoms with Gasteiger partial charge in [0.2, 0.25) is 5.75 Å². The van der Waals surface area contributed by atoms with Crippen molar-refractivity contribution in [1.29, 1.82) is 0 Å². The molecule has 0 saturated heterocycles. The number of hydrogen-bond donors (Lipinski definition) is 0. The highest BCUT2D eigenvalue weighted by molar-refractivity contribution is 6.02. The van der Waals surface area contributed by atoms with Crippen LogP contribution in [0, 0.1) is 0 Å². The van der Waals surface area contributed by atoms with Gasteiger partial charge in [-0.1, -0.05) is 36.4 Å². The Labute approximate surface area is 141 Å². The Morgan fingerprint density at radius 1 is 1.00 bits per heavy atom. The van der Waals surface area contributed by atoms with Crippen molar-refractivity contribution in [3.8, 4) is 28.4 Å². The minimum absolute atomic E-state index is 0.552. The summed E-state index contributed by atoms with van der Waals surface area (Å²) in [6.45, 7) is 3.83. The lowest BCUT2D eigenvalue weighted by atomic mass is 9.99. The predicted octanol–water partition coefficient (Wildman–Crippen LogP) is 4.85. The van der Waals surface area contributed by atoms with E-state index in [1.165, 1.54) is 0 Å². The van der Waals surface area contributed by atoms with Gasteiger partial charge in [0.15, 0.2) is 11.5 Å². The number of furan rings is 1. The van der Waals surface area contributed by atoms with Gasteiger partial charge in [0.05, 0.1) is 26.7 Å². The van der Waals surface area contributed by atoms with Gasteiger partial charge in [0.25, 0.3) is 0 Å². The average Bonchev–Trinajstić information content (AvgIpc) is 2.98. The van der Waals surface area contributed by atoms with Gasteiger partial charge in [-0.05, 0) is 5.56 Å². The number of rotatable bonds is 6. The Morgan fingerprint density at radius 2 is 1.71 bits per heavy atom. The van der Waals surface area contributed by atoms with Crippen molar-refractivity contribution in [2.24, 2.45) is 0 Å². The zero-order valence-electron chi connectivity index (χ0n) is 14.1. The molecule has 1 aromatic heterocycles. The summed E-state index contributed by atoms with van der Waals surface area (Å²) in [7, 11) is 4.81. The normalized spacial score (nSPS) is 10.6. The summed E-state index contributed by atoms with van der Waals surface area (Å²) >= 11 is 0. The number of methoxy groups -OCH3 is 3. The first kappa shape index (κ1) is 16.0. The molecule has 0 fully saturated rings. The van der Waals surface area contributed by atoms with E-state index < -0.39 is 0 Å². The minimum atomic E-state index is 0.552. The molecule has 0 radical (unpaired) electrons. The van der Waals surface area contributed by atoms with E-state index in [1.807, 2.05) is 42.5 Å². The summed E-state index contributed by atoms with van der Waals surface area (Å²) < 4.78 is 22.7. The van der Waals surface area contributed by atoms with Crippen LogP contribution in [-0.4, -0.2) is 21.3 Å². The molecular weight excluding hydrogens is 304 g/mol. The fourth-order valence-corrected chi connectivity index (χ4v) is 2.96. The van der Waals surface area contributed by atoms with Crippen LogP contribution in [0.15, 0.2) is 53.5 Å². The Morgan fingerprint density at radius 3 is 2.29 bits per heavy atom. The van der Waals surface area contributed by atoms with E-state index in [0.717, 1.165) is 22.3 Å². The molecule has 124 valence electrons. The molecule has 1 heterocycles. The van der Waals surface area contributed by atoms with E-state index in [-0.39, 0.29) is 0 Å².